The number of fused-ring (bicyclic) bond motifs is 1. The maximum Gasteiger partial charge on any atom is 0.262 e. The molecule has 0 atom stereocenters. The molecule has 0 spiro atoms. The van der Waals surface area contributed by atoms with Crippen LogP contribution in [0.4, 0.5) is 5.82 Å². The fraction of sp³-hybridized carbons (Fsp3) is 0.250. The predicted octanol–water partition coefficient (Wildman–Crippen LogP) is 3.41. The number of nitrogens with zero attached hydrogens (tertiary/aromatic N) is 3. The summed E-state index contributed by atoms with van der Waals surface area (Å²) in [4.78, 5) is 17.1. The van der Waals surface area contributed by atoms with E-state index in [0.717, 1.165) is 42.0 Å². The normalized spacial score (nSPS) is 12.7. The minimum Gasteiger partial charge on any atom is -0.477 e. The van der Waals surface area contributed by atoms with Gasteiger partial charge in [-0.3, -0.25) is 4.79 Å². The quantitative estimate of drug-likeness (QED) is 0.767. The molecule has 0 saturated carbocycles. The zero-order chi connectivity index (χ0) is 17.9. The monoisotopic (exact) mass is 348 g/mol. The number of rotatable bonds is 5. The van der Waals surface area contributed by atoms with Gasteiger partial charge in [-0.25, -0.2) is 9.67 Å². The van der Waals surface area contributed by atoms with Crippen molar-refractivity contribution in [2.45, 2.75) is 26.2 Å². The van der Waals surface area contributed by atoms with Gasteiger partial charge in [0.25, 0.3) is 5.91 Å². The first-order valence-corrected chi connectivity index (χ1v) is 8.83. The Morgan fingerprint density at radius 1 is 1.19 bits per heavy atom. The van der Waals surface area contributed by atoms with E-state index in [4.69, 9.17) is 9.84 Å². The molecule has 1 N–H and O–H groups in total. The number of ether oxygens (including phenoxy) is 1. The summed E-state index contributed by atoms with van der Waals surface area (Å²) in [7, 11) is 0. The van der Waals surface area contributed by atoms with Crippen LogP contribution in [-0.2, 0) is 12.8 Å². The molecular weight excluding hydrogens is 328 g/mol. The van der Waals surface area contributed by atoms with Crippen LogP contribution < -0.4 is 10.1 Å². The van der Waals surface area contributed by atoms with Crippen molar-refractivity contribution in [1.29, 1.82) is 0 Å². The fourth-order valence-electron chi connectivity index (χ4n) is 3.27. The Hall–Kier alpha value is -3.15. The van der Waals surface area contributed by atoms with Gasteiger partial charge < -0.3 is 10.1 Å². The number of para-hydroxylation sites is 1. The average molecular weight is 348 g/mol. The van der Waals surface area contributed by atoms with Crippen LogP contribution in [0.1, 0.15) is 35.0 Å². The number of carbonyl (C=O) groups is 1. The van der Waals surface area contributed by atoms with Gasteiger partial charge in [0.15, 0.2) is 0 Å². The molecule has 0 bridgehead atoms. The van der Waals surface area contributed by atoms with Gasteiger partial charge >= 0.3 is 0 Å². The van der Waals surface area contributed by atoms with Crippen molar-refractivity contribution in [2.75, 3.05) is 11.9 Å². The first-order chi connectivity index (χ1) is 12.8. The maximum absolute atomic E-state index is 12.9. The van der Waals surface area contributed by atoms with Crippen molar-refractivity contribution < 1.29 is 9.53 Å². The van der Waals surface area contributed by atoms with E-state index < -0.39 is 0 Å². The Balaban J connectivity index is 1.72. The highest BCUT2D eigenvalue weighted by Crippen LogP contribution is 2.31. The number of hydrogen-bond acceptors (Lipinski definition) is 4. The minimum absolute atomic E-state index is 0.242. The molecule has 2 heterocycles. The van der Waals surface area contributed by atoms with Crippen molar-refractivity contribution >= 4 is 11.7 Å². The third-order valence-electron chi connectivity index (χ3n) is 4.44. The molecule has 3 aromatic rings. The Labute approximate surface area is 151 Å². The van der Waals surface area contributed by atoms with Crippen molar-refractivity contribution in [1.82, 2.24) is 14.8 Å². The lowest BCUT2D eigenvalue weighted by Crippen LogP contribution is -2.18. The molecule has 0 radical (unpaired) electrons. The molecule has 132 valence electrons. The molecule has 1 aliphatic rings. The fourth-order valence-corrected chi connectivity index (χ4v) is 3.27. The number of aromatic nitrogens is 3. The largest absolute Gasteiger partial charge is 0.477 e. The van der Waals surface area contributed by atoms with E-state index in [2.05, 4.69) is 10.3 Å². The van der Waals surface area contributed by atoms with Gasteiger partial charge in [-0.15, -0.1) is 0 Å². The molecular formula is C20H20N4O2. The molecule has 1 amide bonds. The molecule has 0 fully saturated rings. The second-order valence-corrected chi connectivity index (χ2v) is 6.12. The first kappa shape index (κ1) is 16.3. The third-order valence-corrected chi connectivity index (χ3v) is 4.44. The third kappa shape index (κ3) is 2.94. The summed E-state index contributed by atoms with van der Waals surface area (Å²) in [5, 5.41) is 7.77. The molecule has 6 nitrogen and oxygen atoms in total. The van der Waals surface area contributed by atoms with Gasteiger partial charge in [0.1, 0.15) is 11.4 Å². The Kier molecular flexibility index (Phi) is 4.39. The SMILES string of the molecule is CCOc1ncccc1C(=O)Nc1c2c(nn1-c1ccccc1)CCC2. The Morgan fingerprint density at radius 2 is 2.04 bits per heavy atom. The Bertz CT molecular complexity index is 934. The Morgan fingerprint density at radius 3 is 2.85 bits per heavy atom. The highest BCUT2D eigenvalue weighted by molar-refractivity contribution is 6.06. The number of hydrogen-bond donors (Lipinski definition) is 1. The van der Waals surface area contributed by atoms with Gasteiger partial charge in [-0.1, -0.05) is 18.2 Å². The lowest BCUT2D eigenvalue weighted by molar-refractivity contribution is 0.102. The van der Waals surface area contributed by atoms with Crippen molar-refractivity contribution in [3.63, 3.8) is 0 Å². The molecule has 4 rings (SSSR count). The minimum atomic E-state index is -0.242. The number of amides is 1. The molecule has 26 heavy (non-hydrogen) atoms. The van der Waals surface area contributed by atoms with Crippen LogP contribution in [0.3, 0.4) is 0 Å². The summed E-state index contributed by atoms with van der Waals surface area (Å²) in [5.74, 6) is 0.836. The highest BCUT2D eigenvalue weighted by atomic mass is 16.5. The molecule has 0 unspecified atom stereocenters. The van der Waals surface area contributed by atoms with Gasteiger partial charge in [0.05, 0.1) is 18.0 Å². The van der Waals surface area contributed by atoms with Crippen molar-refractivity contribution in [3.8, 4) is 11.6 Å². The summed E-state index contributed by atoms with van der Waals surface area (Å²) in [6.07, 6.45) is 4.54. The lowest BCUT2D eigenvalue weighted by atomic mass is 10.2. The zero-order valence-electron chi connectivity index (χ0n) is 14.6. The number of carbonyl (C=O) groups excluding carboxylic acids is 1. The van der Waals surface area contributed by atoms with E-state index in [0.29, 0.717) is 18.1 Å². The molecule has 0 saturated heterocycles. The topological polar surface area (TPSA) is 69.0 Å². The van der Waals surface area contributed by atoms with Crippen LogP contribution in [0, 0.1) is 0 Å². The number of anilines is 1. The second-order valence-electron chi connectivity index (χ2n) is 6.12. The predicted molar refractivity (Wildman–Crippen MR) is 98.9 cm³/mol. The second kappa shape index (κ2) is 7.00. The van der Waals surface area contributed by atoms with Gasteiger partial charge in [-0.05, 0) is 50.5 Å². The van der Waals surface area contributed by atoms with E-state index in [1.165, 1.54) is 0 Å². The molecule has 6 heteroatoms. The summed E-state index contributed by atoms with van der Waals surface area (Å²) in [5.41, 5.74) is 3.51. The van der Waals surface area contributed by atoms with Crippen LogP contribution in [-0.4, -0.2) is 27.3 Å². The zero-order valence-corrected chi connectivity index (χ0v) is 14.6. The summed E-state index contributed by atoms with van der Waals surface area (Å²) >= 11 is 0. The summed E-state index contributed by atoms with van der Waals surface area (Å²) in [6.45, 7) is 2.32. The smallest absolute Gasteiger partial charge is 0.262 e. The summed E-state index contributed by atoms with van der Waals surface area (Å²) in [6, 6.07) is 13.3. The number of benzene rings is 1. The van der Waals surface area contributed by atoms with E-state index in [9.17, 15) is 4.79 Å². The van der Waals surface area contributed by atoms with Crippen LogP contribution in [0.2, 0.25) is 0 Å². The van der Waals surface area contributed by atoms with Crippen LogP contribution in [0.15, 0.2) is 48.7 Å². The van der Waals surface area contributed by atoms with Crippen LogP contribution >= 0.6 is 0 Å². The molecule has 1 aliphatic carbocycles. The van der Waals surface area contributed by atoms with Crippen molar-refractivity contribution in [2.24, 2.45) is 0 Å². The number of pyridine rings is 1. The summed E-state index contributed by atoms with van der Waals surface area (Å²) < 4.78 is 7.31. The van der Waals surface area contributed by atoms with E-state index >= 15 is 0 Å². The first-order valence-electron chi connectivity index (χ1n) is 8.83. The van der Waals surface area contributed by atoms with Gasteiger partial charge in [-0.2, -0.15) is 5.10 Å². The van der Waals surface area contributed by atoms with Crippen molar-refractivity contribution in [3.05, 3.63) is 65.5 Å². The number of nitrogens with one attached hydrogen (secondary N) is 1. The van der Waals surface area contributed by atoms with Crippen LogP contribution in [0.5, 0.6) is 5.88 Å². The lowest BCUT2D eigenvalue weighted by Gasteiger charge is -2.12. The standard InChI is InChI=1S/C20H20N4O2/c1-2-26-20-16(11-7-13-21-20)19(25)22-18-15-10-6-12-17(15)23-24(18)14-8-4-3-5-9-14/h3-5,7-9,11,13H,2,6,10,12H2,1H3,(H,22,25). The molecule has 1 aromatic carbocycles. The maximum atomic E-state index is 12.9. The van der Waals surface area contributed by atoms with Gasteiger partial charge in [0, 0.05) is 11.8 Å². The molecule has 0 aliphatic heterocycles. The highest BCUT2D eigenvalue weighted by Gasteiger charge is 2.25. The van der Waals surface area contributed by atoms with E-state index in [-0.39, 0.29) is 5.91 Å². The number of aryl methyl sites for hydroxylation is 1. The average Bonchev–Trinajstić information content (AvgIpc) is 3.26. The van der Waals surface area contributed by atoms with Crippen LogP contribution in [0.25, 0.3) is 5.69 Å². The van der Waals surface area contributed by atoms with Gasteiger partial charge in [0.2, 0.25) is 5.88 Å². The molecule has 2 aromatic heterocycles. The van der Waals surface area contributed by atoms with E-state index in [1.54, 1.807) is 18.3 Å². The van der Waals surface area contributed by atoms with E-state index in [1.807, 2.05) is 41.9 Å².